The highest BCUT2D eigenvalue weighted by molar-refractivity contribution is 6.10. The van der Waals surface area contributed by atoms with Crippen LogP contribution in [0.5, 0.6) is 5.75 Å². The maximum atomic E-state index is 12.6. The van der Waals surface area contributed by atoms with Crippen molar-refractivity contribution >= 4 is 40.2 Å². The summed E-state index contributed by atoms with van der Waals surface area (Å²) >= 11 is 0. The Bertz CT molecular complexity index is 1380. The molecule has 0 unspecified atom stereocenters. The Kier molecular flexibility index (Phi) is 6.19. The summed E-state index contributed by atoms with van der Waals surface area (Å²) in [4.78, 5) is 25.2. The number of phenolic OH excluding ortho intramolecular Hbond substituents is 1. The molecule has 0 bridgehead atoms. The number of nitrogens with zero attached hydrogens (tertiary/aromatic N) is 2. The molecule has 3 aromatic carbocycles. The maximum Gasteiger partial charge on any atom is 0.266 e. The van der Waals surface area contributed by atoms with Crippen molar-refractivity contribution in [3.05, 3.63) is 96.2 Å². The molecule has 7 nitrogen and oxygen atoms in total. The highest BCUT2D eigenvalue weighted by atomic mass is 16.3. The third kappa shape index (κ3) is 5.09. The first kappa shape index (κ1) is 21.4. The average molecular weight is 436 g/mol. The van der Waals surface area contributed by atoms with E-state index in [0.717, 1.165) is 10.9 Å². The number of anilines is 2. The third-order valence-electron chi connectivity index (χ3n) is 4.98. The number of amides is 2. The Morgan fingerprint density at radius 3 is 2.30 bits per heavy atom. The fourth-order valence-electron chi connectivity index (χ4n) is 3.45. The monoisotopic (exact) mass is 436 g/mol. The lowest BCUT2D eigenvalue weighted by molar-refractivity contribution is -0.116. The summed E-state index contributed by atoms with van der Waals surface area (Å²) in [5.74, 6) is -0.682. The molecule has 162 valence electrons. The van der Waals surface area contributed by atoms with E-state index in [0.29, 0.717) is 16.9 Å². The summed E-state index contributed by atoms with van der Waals surface area (Å²) in [6.45, 7) is 0.0742. The van der Waals surface area contributed by atoms with E-state index >= 15 is 0 Å². The van der Waals surface area contributed by atoms with Crippen LogP contribution in [0, 0.1) is 11.3 Å². The van der Waals surface area contributed by atoms with Crippen LogP contribution in [0.25, 0.3) is 17.0 Å². The fraction of sp³-hybridized carbons (Fsp3) is 0.0385. The lowest BCUT2D eigenvalue weighted by atomic mass is 10.1. The van der Waals surface area contributed by atoms with Crippen molar-refractivity contribution in [1.29, 1.82) is 5.26 Å². The summed E-state index contributed by atoms with van der Waals surface area (Å²) in [6.07, 6.45) is 3.25. The quantitative estimate of drug-likeness (QED) is 0.234. The first-order valence-electron chi connectivity index (χ1n) is 10.2. The van der Waals surface area contributed by atoms with Crippen molar-refractivity contribution in [3.63, 3.8) is 0 Å². The van der Waals surface area contributed by atoms with E-state index in [2.05, 4.69) is 10.6 Å². The number of nitrogens with one attached hydrogen (secondary N) is 2. The molecule has 4 aromatic rings. The van der Waals surface area contributed by atoms with Gasteiger partial charge in [-0.15, -0.1) is 0 Å². The smallest absolute Gasteiger partial charge is 0.266 e. The molecule has 0 fully saturated rings. The van der Waals surface area contributed by atoms with Crippen LogP contribution in [-0.2, 0) is 16.1 Å². The number of aromatic nitrogens is 1. The Morgan fingerprint density at radius 2 is 1.58 bits per heavy atom. The van der Waals surface area contributed by atoms with Crippen molar-refractivity contribution in [2.75, 3.05) is 10.6 Å². The predicted molar refractivity (Wildman–Crippen MR) is 127 cm³/mol. The molecule has 2 amide bonds. The SMILES string of the molecule is N#CC(=Cc1cn(CC(=O)Nc2ccccc2)c2ccccc12)C(=O)Nc1ccc(O)cc1. The molecule has 7 heteroatoms. The number of benzene rings is 3. The molecular weight excluding hydrogens is 416 g/mol. The summed E-state index contributed by atoms with van der Waals surface area (Å²) in [5.41, 5.74) is 2.54. The number of rotatable bonds is 6. The molecule has 0 aliphatic rings. The number of carbonyl (C=O) groups is 2. The van der Waals surface area contributed by atoms with Crippen LogP contribution in [0.3, 0.4) is 0 Å². The lowest BCUT2D eigenvalue weighted by Gasteiger charge is -2.07. The topological polar surface area (TPSA) is 107 Å². The number of fused-ring (bicyclic) bond motifs is 1. The van der Waals surface area contributed by atoms with Gasteiger partial charge in [0, 0.05) is 34.0 Å². The Labute approximate surface area is 190 Å². The van der Waals surface area contributed by atoms with E-state index in [9.17, 15) is 20.0 Å². The summed E-state index contributed by atoms with van der Waals surface area (Å²) in [6, 6.07) is 24.6. The number of hydrogen-bond acceptors (Lipinski definition) is 4. The Hall–Kier alpha value is -4.83. The first-order chi connectivity index (χ1) is 16.0. The highest BCUT2D eigenvalue weighted by Crippen LogP contribution is 2.24. The van der Waals surface area contributed by atoms with Gasteiger partial charge in [0.25, 0.3) is 5.91 Å². The molecule has 0 saturated carbocycles. The van der Waals surface area contributed by atoms with Crippen molar-refractivity contribution in [1.82, 2.24) is 4.57 Å². The summed E-state index contributed by atoms with van der Waals surface area (Å²) in [5, 5.41) is 25.3. The minimum absolute atomic E-state index is 0.0742. The number of phenols is 1. The summed E-state index contributed by atoms with van der Waals surface area (Å²) in [7, 11) is 0. The van der Waals surface area contributed by atoms with E-state index in [-0.39, 0.29) is 23.8 Å². The molecule has 33 heavy (non-hydrogen) atoms. The number of aromatic hydroxyl groups is 1. The molecule has 0 aliphatic heterocycles. The van der Waals surface area contributed by atoms with Crippen LogP contribution in [0.15, 0.2) is 90.6 Å². The number of para-hydroxylation sites is 2. The third-order valence-corrected chi connectivity index (χ3v) is 4.98. The molecule has 0 saturated heterocycles. The first-order valence-corrected chi connectivity index (χ1v) is 10.2. The van der Waals surface area contributed by atoms with Crippen LogP contribution >= 0.6 is 0 Å². The zero-order chi connectivity index (χ0) is 23.2. The largest absolute Gasteiger partial charge is 0.508 e. The van der Waals surface area contributed by atoms with Gasteiger partial charge in [-0.3, -0.25) is 9.59 Å². The van der Waals surface area contributed by atoms with Gasteiger partial charge in [-0.1, -0.05) is 36.4 Å². The molecule has 0 spiro atoms. The maximum absolute atomic E-state index is 12.6. The molecule has 1 heterocycles. The van der Waals surface area contributed by atoms with E-state index in [1.165, 1.54) is 18.2 Å². The fourth-order valence-corrected chi connectivity index (χ4v) is 3.45. The predicted octanol–water partition coefficient (Wildman–Crippen LogP) is 4.53. The van der Waals surface area contributed by atoms with Gasteiger partial charge >= 0.3 is 0 Å². The van der Waals surface area contributed by atoms with E-state index < -0.39 is 5.91 Å². The van der Waals surface area contributed by atoms with Crippen molar-refractivity contribution in [2.24, 2.45) is 0 Å². The van der Waals surface area contributed by atoms with E-state index in [1.54, 1.807) is 22.9 Å². The minimum Gasteiger partial charge on any atom is -0.508 e. The summed E-state index contributed by atoms with van der Waals surface area (Å²) < 4.78 is 1.78. The number of hydrogen-bond donors (Lipinski definition) is 3. The van der Waals surface area contributed by atoms with Crippen LogP contribution in [0.2, 0.25) is 0 Å². The molecule has 0 radical (unpaired) electrons. The van der Waals surface area contributed by atoms with Gasteiger partial charge < -0.3 is 20.3 Å². The molecular formula is C26H20N4O3. The van der Waals surface area contributed by atoms with Gasteiger partial charge in [0.15, 0.2) is 0 Å². The zero-order valence-corrected chi connectivity index (χ0v) is 17.5. The second kappa shape index (κ2) is 9.54. The van der Waals surface area contributed by atoms with Crippen LogP contribution in [0.1, 0.15) is 5.56 Å². The standard InChI is InChI=1S/C26H20N4O3/c27-15-18(26(33)29-21-10-12-22(31)13-11-21)14-19-16-30(24-9-5-4-8-23(19)24)17-25(32)28-20-6-2-1-3-7-20/h1-14,16,31H,17H2,(H,28,32)(H,29,33). The van der Waals surface area contributed by atoms with Gasteiger partial charge in [-0.05, 0) is 48.5 Å². The number of carbonyl (C=O) groups excluding carboxylic acids is 2. The van der Waals surface area contributed by atoms with Crippen LogP contribution in [-0.4, -0.2) is 21.5 Å². The van der Waals surface area contributed by atoms with Crippen molar-refractivity contribution < 1.29 is 14.7 Å². The minimum atomic E-state index is -0.568. The second-order valence-electron chi connectivity index (χ2n) is 7.31. The van der Waals surface area contributed by atoms with Crippen molar-refractivity contribution in [3.8, 4) is 11.8 Å². The van der Waals surface area contributed by atoms with E-state index in [1.807, 2.05) is 60.7 Å². The van der Waals surface area contributed by atoms with Crippen LogP contribution in [0.4, 0.5) is 11.4 Å². The number of nitriles is 1. The second-order valence-corrected chi connectivity index (χ2v) is 7.31. The molecule has 4 rings (SSSR count). The molecule has 0 atom stereocenters. The van der Waals surface area contributed by atoms with Gasteiger partial charge in [0.05, 0.1) is 0 Å². The van der Waals surface area contributed by atoms with Gasteiger partial charge in [-0.25, -0.2) is 0 Å². The van der Waals surface area contributed by atoms with Gasteiger partial charge in [0.1, 0.15) is 23.9 Å². The Balaban J connectivity index is 1.60. The average Bonchev–Trinajstić information content (AvgIpc) is 3.16. The van der Waals surface area contributed by atoms with E-state index in [4.69, 9.17) is 0 Å². The lowest BCUT2D eigenvalue weighted by Crippen LogP contribution is -2.18. The van der Waals surface area contributed by atoms with Crippen molar-refractivity contribution in [2.45, 2.75) is 6.54 Å². The molecule has 0 aliphatic carbocycles. The van der Waals surface area contributed by atoms with Gasteiger partial charge in [0.2, 0.25) is 5.91 Å². The zero-order valence-electron chi connectivity index (χ0n) is 17.5. The highest BCUT2D eigenvalue weighted by Gasteiger charge is 2.14. The molecule has 1 aromatic heterocycles. The molecule has 3 N–H and O–H groups in total. The van der Waals surface area contributed by atoms with Crippen LogP contribution < -0.4 is 10.6 Å². The normalized spacial score (nSPS) is 11.1. The Morgan fingerprint density at radius 1 is 0.909 bits per heavy atom. The van der Waals surface area contributed by atoms with Gasteiger partial charge in [-0.2, -0.15) is 5.26 Å².